The van der Waals surface area contributed by atoms with E-state index < -0.39 is 12.6 Å². The second-order valence-corrected chi connectivity index (χ2v) is 9.83. The Morgan fingerprint density at radius 2 is 1.91 bits per heavy atom. The molecule has 0 bridgehead atoms. The molecule has 2 aromatic heterocycles. The molecule has 0 unspecified atom stereocenters. The molecule has 1 aliphatic heterocycles. The number of aryl methyl sites for hydroxylation is 2. The van der Waals surface area contributed by atoms with Crippen molar-refractivity contribution in [3.05, 3.63) is 40.9 Å². The van der Waals surface area contributed by atoms with Crippen LogP contribution in [0.25, 0.3) is 0 Å². The molecule has 2 aromatic rings. The molecule has 0 saturated heterocycles. The minimum atomic E-state index is -4.15. The standard InChI is InChI=1S/C25H34F3N5O2/c1-17-31-32-24(35-17)16-23(34)30-20-5-2-18(3-6-20)9-13-33-14-10-19-4-7-21(8-12-25(26,27)28)29-22(19)11-15-33/h4,7,18,20H,2-3,5-6,8-16H2,1H3,(H,30,34)/t18-,20-. The summed E-state index contributed by atoms with van der Waals surface area (Å²) in [5.74, 6) is 1.39. The molecule has 4 rings (SSSR count). The molecule has 1 fully saturated rings. The molecule has 1 N–H and O–H groups in total. The molecule has 1 saturated carbocycles. The number of aromatic nitrogens is 3. The lowest BCUT2D eigenvalue weighted by Gasteiger charge is -2.30. The largest absolute Gasteiger partial charge is 0.425 e. The number of nitrogens with zero attached hydrogens (tertiary/aromatic N) is 4. The first-order chi connectivity index (χ1) is 16.7. The summed E-state index contributed by atoms with van der Waals surface area (Å²) in [4.78, 5) is 19.2. The van der Waals surface area contributed by atoms with Crippen LogP contribution in [-0.2, 0) is 30.5 Å². The second kappa shape index (κ2) is 11.5. The molecule has 1 amide bonds. The van der Waals surface area contributed by atoms with Gasteiger partial charge in [-0.2, -0.15) is 13.2 Å². The van der Waals surface area contributed by atoms with E-state index in [9.17, 15) is 18.0 Å². The van der Waals surface area contributed by atoms with E-state index in [-0.39, 0.29) is 24.8 Å². The van der Waals surface area contributed by atoms with Gasteiger partial charge in [0.1, 0.15) is 6.42 Å². The van der Waals surface area contributed by atoms with Gasteiger partial charge in [-0.25, -0.2) is 0 Å². The van der Waals surface area contributed by atoms with Crippen molar-refractivity contribution in [3.8, 4) is 0 Å². The van der Waals surface area contributed by atoms with Crippen LogP contribution < -0.4 is 5.32 Å². The number of pyridine rings is 1. The summed E-state index contributed by atoms with van der Waals surface area (Å²) in [6, 6.07) is 3.92. The van der Waals surface area contributed by atoms with Crippen molar-refractivity contribution in [2.24, 2.45) is 5.92 Å². The number of fused-ring (bicyclic) bond motifs is 1. The summed E-state index contributed by atoms with van der Waals surface area (Å²) in [5, 5.41) is 10.7. The van der Waals surface area contributed by atoms with E-state index in [4.69, 9.17) is 4.42 Å². The zero-order chi connectivity index (χ0) is 24.8. The van der Waals surface area contributed by atoms with E-state index in [1.807, 2.05) is 6.07 Å². The van der Waals surface area contributed by atoms with Gasteiger partial charge in [0.15, 0.2) is 0 Å². The topological polar surface area (TPSA) is 84.2 Å². The Balaban J connectivity index is 1.16. The second-order valence-electron chi connectivity index (χ2n) is 9.83. The van der Waals surface area contributed by atoms with Crippen LogP contribution in [0.2, 0.25) is 0 Å². The van der Waals surface area contributed by atoms with Crippen molar-refractivity contribution in [3.63, 3.8) is 0 Å². The number of hydrogen-bond donors (Lipinski definition) is 1. The van der Waals surface area contributed by atoms with Crippen LogP contribution in [0.15, 0.2) is 16.5 Å². The van der Waals surface area contributed by atoms with E-state index in [0.29, 0.717) is 23.4 Å². The van der Waals surface area contributed by atoms with Crippen LogP contribution in [0.1, 0.15) is 67.3 Å². The summed E-state index contributed by atoms with van der Waals surface area (Å²) in [7, 11) is 0. The Morgan fingerprint density at radius 1 is 1.14 bits per heavy atom. The minimum absolute atomic E-state index is 0.0553. The van der Waals surface area contributed by atoms with Crippen LogP contribution >= 0.6 is 0 Å². The lowest BCUT2D eigenvalue weighted by atomic mass is 9.84. The Labute approximate surface area is 203 Å². The number of alkyl halides is 3. The minimum Gasteiger partial charge on any atom is -0.425 e. The van der Waals surface area contributed by atoms with Gasteiger partial charge in [0.05, 0.1) is 0 Å². The number of rotatable bonds is 8. The summed E-state index contributed by atoms with van der Waals surface area (Å²) in [6.07, 6.45) is 2.06. The molecule has 1 aliphatic carbocycles. The quantitative estimate of drug-likeness (QED) is 0.599. The van der Waals surface area contributed by atoms with Gasteiger partial charge in [-0.05, 0) is 69.0 Å². The normalized spacial score (nSPS) is 21.4. The van der Waals surface area contributed by atoms with E-state index in [1.165, 1.54) is 0 Å². The molecule has 192 valence electrons. The first-order valence-corrected chi connectivity index (χ1v) is 12.6. The predicted molar refractivity (Wildman–Crippen MR) is 124 cm³/mol. The molecule has 35 heavy (non-hydrogen) atoms. The number of hydrogen-bond acceptors (Lipinski definition) is 6. The van der Waals surface area contributed by atoms with Crippen molar-refractivity contribution in [2.75, 3.05) is 19.6 Å². The van der Waals surface area contributed by atoms with Crippen LogP contribution in [0, 0.1) is 12.8 Å². The van der Waals surface area contributed by atoms with Gasteiger partial charge in [-0.15, -0.1) is 10.2 Å². The summed E-state index contributed by atoms with van der Waals surface area (Å²) in [5.41, 5.74) is 2.65. The predicted octanol–water partition coefficient (Wildman–Crippen LogP) is 3.98. The SMILES string of the molecule is Cc1nnc(CC(=O)N[C@H]2CC[C@H](CCN3CCc4ccc(CCC(F)(F)F)nc4CC3)CC2)o1. The molecule has 0 atom stereocenters. The molecule has 0 spiro atoms. The summed E-state index contributed by atoms with van der Waals surface area (Å²) < 4.78 is 42.9. The Bertz CT molecular complexity index is 986. The van der Waals surface area contributed by atoms with E-state index in [1.54, 1.807) is 13.0 Å². The van der Waals surface area contributed by atoms with Crippen molar-refractivity contribution in [1.29, 1.82) is 0 Å². The third-order valence-corrected chi connectivity index (χ3v) is 7.10. The molecule has 3 heterocycles. The van der Waals surface area contributed by atoms with E-state index in [2.05, 4.69) is 25.4 Å². The van der Waals surface area contributed by atoms with Crippen molar-refractivity contribution < 1.29 is 22.4 Å². The highest BCUT2D eigenvalue weighted by atomic mass is 19.4. The zero-order valence-corrected chi connectivity index (χ0v) is 20.2. The fraction of sp³-hybridized carbons (Fsp3) is 0.680. The molecular formula is C25H34F3N5O2. The van der Waals surface area contributed by atoms with Crippen molar-refractivity contribution in [1.82, 2.24) is 25.4 Å². The molecule has 2 aliphatic rings. The third kappa shape index (κ3) is 8.02. The maximum Gasteiger partial charge on any atom is 0.389 e. The maximum absolute atomic E-state index is 12.5. The van der Waals surface area contributed by atoms with Gasteiger partial charge in [-0.1, -0.05) is 6.07 Å². The Kier molecular flexibility index (Phi) is 8.41. The number of amides is 1. The van der Waals surface area contributed by atoms with Gasteiger partial charge in [0.2, 0.25) is 17.7 Å². The average molecular weight is 494 g/mol. The number of halogens is 3. The number of carbonyl (C=O) groups is 1. The average Bonchev–Trinajstić information content (AvgIpc) is 3.10. The lowest BCUT2D eigenvalue weighted by Crippen LogP contribution is -2.39. The molecule has 0 aromatic carbocycles. The van der Waals surface area contributed by atoms with E-state index >= 15 is 0 Å². The van der Waals surface area contributed by atoms with Gasteiger partial charge >= 0.3 is 6.18 Å². The lowest BCUT2D eigenvalue weighted by molar-refractivity contribution is -0.134. The summed E-state index contributed by atoms with van der Waals surface area (Å²) in [6.45, 7) is 4.57. The van der Waals surface area contributed by atoms with Crippen LogP contribution in [-0.4, -0.2) is 57.8 Å². The van der Waals surface area contributed by atoms with Crippen LogP contribution in [0.4, 0.5) is 13.2 Å². The van der Waals surface area contributed by atoms with Gasteiger partial charge in [-0.3, -0.25) is 9.78 Å². The Hall–Kier alpha value is -2.49. The first-order valence-electron chi connectivity index (χ1n) is 12.6. The molecule has 7 nitrogen and oxygen atoms in total. The maximum atomic E-state index is 12.5. The van der Waals surface area contributed by atoms with Gasteiger partial charge < -0.3 is 14.6 Å². The third-order valence-electron chi connectivity index (χ3n) is 7.10. The van der Waals surface area contributed by atoms with Crippen molar-refractivity contribution >= 4 is 5.91 Å². The fourth-order valence-corrected chi connectivity index (χ4v) is 5.09. The van der Waals surface area contributed by atoms with Gasteiger partial charge in [0, 0.05) is 50.3 Å². The Morgan fingerprint density at radius 3 is 2.63 bits per heavy atom. The van der Waals surface area contributed by atoms with Crippen LogP contribution in [0.3, 0.4) is 0 Å². The highest BCUT2D eigenvalue weighted by Gasteiger charge is 2.27. The monoisotopic (exact) mass is 493 g/mol. The number of nitrogens with one attached hydrogen (secondary N) is 1. The van der Waals surface area contributed by atoms with Crippen LogP contribution in [0.5, 0.6) is 0 Å². The molecule has 0 radical (unpaired) electrons. The van der Waals surface area contributed by atoms with E-state index in [0.717, 1.165) is 75.8 Å². The smallest absolute Gasteiger partial charge is 0.389 e. The van der Waals surface area contributed by atoms with Crippen molar-refractivity contribution in [2.45, 2.75) is 83.4 Å². The number of carbonyl (C=O) groups excluding carboxylic acids is 1. The zero-order valence-electron chi connectivity index (χ0n) is 20.2. The first kappa shape index (κ1) is 25.6. The van der Waals surface area contributed by atoms with Gasteiger partial charge in [0.25, 0.3) is 0 Å². The highest BCUT2D eigenvalue weighted by Crippen LogP contribution is 2.28. The fourth-order valence-electron chi connectivity index (χ4n) is 5.09. The highest BCUT2D eigenvalue weighted by molar-refractivity contribution is 5.77. The summed E-state index contributed by atoms with van der Waals surface area (Å²) >= 11 is 0. The molecular weight excluding hydrogens is 459 g/mol. The molecule has 10 heteroatoms.